The zero-order valence-electron chi connectivity index (χ0n) is 13.3. The highest BCUT2D eigenvalue weighted by Crippen LogP contribution is 2.30. The van der Waals surface area contributed by atoms with Gasteiger partial charge in [0, 0.05) is 18.2 Å². The molecule has 1 aliphatic heterocycles. The van der Waals surface area contributed by atoms with Crippen molar-refractivity contribution in [2.24, 2.45) is 5.73 Å². The van der Waals surface area contributed by atoms with E-state index in [4.69, 9.17) is 14.9 Å². The van der Waals surface area contributed by atoms with Crippen molar-refractivity contribution in [2.45, 2.75) is 13.0 Å². The van der Waals surface area contributed by atoms with Crippen molar-refractivity contribution in [1.29, 1.82) is 0 Å². The van der Waals surface area contributed by atoms with Crippen LogP contribution in [0.25, 0.3) is 11.3 Å². The summed E-state index contributed by atoms with van der Waals surface area (Å²) in [6.07, 6.45) is 0. The number of aromatic nitrogens is 1. The third-order valence-electron chi connectivity index (χ3n) is 3.76. The van der Waals surface area contributed by atoms with Gasteiger partial charge in [0.1, 0.15) is 11.8 Å². The van der Waals surface area contributed by atoms with Crippen molar-refractivity contribution in [3.8, 4) is 17.1 Å². The van der Waals surface area contributed by atoms with Gasteiger partial charge in [-0.25, -0.2) is 4.98 Å². The smallest absolute Gasteiger partial charge is 0.277 e. The number of ether oxygens (including phenoxy) is 1. The van der Waals surface area contributed by atoms with E-state index in [0.29, 0.717) is 34.6 Å². The molecule has 2 N–H and O–H groups in total. The van der Waals surface area contributed by atoms with E-state index in [1.807, 2.05) is 0 Å². The van der Waals surface area contributed by atoms with Gasteiger partial charge in [-0.1, -0.05) is 0 Å². The first-order valence-electron chi connectivity index (χ1n) is 7.31. The fraction of sp³-hybridized carbons (Fsp3) is 0.312. The number of hydrogen-bond acceptors (Lipinski definition) is 6. The minimum Gasteiger partial charge on any atom is -0.497 e. The van der Waals surface area contributed by atoms with Crippen molar-refractivity contribution >= 4 is 23.6 Å². The van der Waals surface area contributed by atoms with Crippen LogP contribution in [0.2, 0.25) is 0 Å². The molecule has 8 heteroatoms. The molecule has 2 heterocycles. The maximum atomic E-state index is 12.9. The highest BCUT2D eigenvalue weighted by atomic mass is 32.2. The van der Waals surface area contributed by atoms with Crippen molar-refractivity contribution in [2.75, 3.05) is 18.7 Å². The summed E-state index contributed by atoms with van der Waals surface area (Å²) in [5, 5.41) is 0. The van der Waals surface area contributed by atoms with Crippen molar-refractivity contribution in [3.05, 3.63) is 35.9 Å². The van der Waals surface area contributed by atoms with Crippen LogP contribution in [-0.2, 0) is 4.79 Å². The lowest BCUT2D eigenvalue weighted by Crippen LogP contribution is -2.45. The average molecular weight is 347 g/mol. The molecule has 1 aliphatic rings. The predicted molar refractivity (Wildman–Crippen MR) is 89.7 cm³/mol. The second-order valence-corrected chi connectivity index (χ2v) is 6.33. The highest BCUT2D eigenvalue weighted by Gasteiger charge is 2.36. The van der Waals surface area contributed by atoms with Crippen LogP contribution in [0.5, 0.6) is 5.75 Å². The molecule has 1 fully saturated rings. The quantitative estimate of drug-likeness (QED) is 0.903. The number of carbonyl (C=O) groups is 2. The molecule has 0 radical (unpaired) electrons. The van der Waals surface area contributed by atoms with Crippen LogP contribution in [0.4, 0.5) is 0 Å². The Labute approximate surface area is 143 Å². The molecule has 1 atom stereocenters. The van der Waals surface area contributed by atoms with Crippen molar-refractivity contribution < 1.29 is 18.7 Å². The molecule has 1 saturated heterocycles. The number of benzene rings is 1. The van der Waals surface area contributed by atoms with Gasteiger partial charge >= 0.3 is 0 Å². The lowest BCUT2D eigenvalue weighted by atomic mass is 10.1. The Morgan fingerprint density at radius 3 is 2.71 bits per heavy atom. The lowest BCUT2D eigenvalue weighted by Gasteiger charge is -2.20. The second-order valence-electron chi connectivity index (χ2n) is 5.33. The standard InChI is InChI=1S/C16H17N3O4S/c1-9-18-13(16(21)19-8-24-7-12(19)15(17)20)14(23-9)10-3-5-11(22-2)6-4-10/h3-6,12H,7-8H2,1-2H3,(H2,17,20)/t12-/m0/s1. The van der Waals surface area contributed by atoms with Crippen LogP contribution >= 0.6 is 11.8 Å². The van der Waals surface area contributed by atoms with Gasteiger partial charge in [0.05, 0.1) is 13.0 Å². The van der Waals surface area contributed by atoms with Crippen LogP contribution in [0.15, 0.2) is 28.7 Å². The maximum Gasteiger partial charge on any atom is 0.277 e. The number of oxazole rings is 1. The molecule has 0 aliphatic carbocycles. The monoisotopic (exact) mass is 347 g/mol. The molecule has 0 saturated carbocycles. The topological polar surface area (TPSA) is 98.7 Å². The minimum absolute atomic E-state index is 0.186. The zero-order valence-corrected chi connectivity index (χ0v) is 14.1. The summed E-state index contributed by atoms with van der Waals surface area (Å²) in [6, 6.07) is 6.52. The molecule has 3 rings (SSSR count). The third kappa shape index (κ3) is 2.96. The van der Waals surface area contributed by atoms with Crippen LogP contribution < -0.4 is 10.5 Å². The number of primary amides is 1. The first-order valence-corrected chi connectivity index (χ1v) is 8.46. The number of nitrogens with zero attached hydrogens (tertiary/aromatic N) is 2. The van der Waals surface area contributed by atoms with Gasteiger partial charge in [-0.05, 0) is 24.3 Å². The molecule has 2 aromatic rings. The number of methoxy groups -OCH3 is 1. The molecule has 0 unspecified atom stereocenters. The zero-order chi connectivity index (χ0) is 17.3. The van der Waals surface area contributed by atoms with E-state index in [0.717, 1.165) is 0 Å². The summed E-state index contributed by atoms with van der Waals surface area (Å²) < 4.78 is 10.8. The Bertz CT molecular complexity index is 772. The Balaban J connectivity index is 1.96. The first kappa shape index (κ1) is 16.4. The van der Waals surface area contributed by atoms with Crippen LogP contribution in [0.1, 0.15) is 16.4 Å². The normalized spacial score (nSPS) is 17.1. The maximum absolute atomic E-state index is 12.9. The van der Waals surface area contributed by atoms with Gasteiger partial charge in [-0.15, -0.1) is 11.8 Å². The van der Waals surface area contributed by atoms with E-state index in [2.05, 4.69) is 4.98 Å². The molecule has 2 amide bonds. The highest BCUT2D eigenvalue weighted by molar-refractivity contribution is 7.99. The van der Waals surface area contributed by atoms with Gasteiger partial charge in [0.2, 0.25) is 5.91 Å². The molecule has 1 aromatic carbocycles. The third-order valence-corrected chi connectivity index (χ3v) is 4.77. The van der Waals surface area contributed by atoms with Gasteiger partial charge in [0.15, 0.2) is 17.3 Å². The number of hydrogen-bond donors (Lipinski definition) is 1. The summed E-state index contributed by atoms with van der Waals surface area (Å²) in [5.74, 6) is 1.49. The summed E-state index contributed by atoms with van der Waals surface area (Å²) in [6.45, 7) is 1.67. The average Bonchev–Trinajstić information content (AvgIpc) is 3.21. The van der Waals surface area contributed by atoms with E-state index < -0.39 is 11.9 Å². The SMILES string of the molecule is COc1ccc(-c2oc(C)nc2C(=O)N2CSC[C@H]2C(N)=O)cc1. The molecular formula is C16H17N3O4S. The summed E-state index contributed by atoms with van der Waals surface area (Å²) in [7, 11) is 1.58. The van der Waals surface area contributed by atoms with Crippen molar-refractivity contribution in [3.63, 3.8) is 0 Å². The summed E-state index contributed by atoms with van der Waals surface area (Å²) in [4.78, 5) is 30.0. The van der Waals surface area contributed by atoms with Gasteiger partial charge in [-0.3, -0.25) is 9.59 Å². The minimum atomic E-state index is -0.622. The Morgan fingerprint density at radius 2 is 2.08 bits per heavy atom. The molecular weight excluding hydrogens is 330 g/mol. The van der Waals surface area contributed by atoms with E-state index >= 15 is 0 Å². The van der Waals surface area contributed by atoms with Crippen LogP contribution in [0, 0.1) is 6.92 Å². The summed E-state index contributed by atoms with van der Waals surface area (Å²) in [5.41, 5.74) is 6.28. The number of carbonyl (C=O) groups excluding carboxylic acids is 2. The molecule has 0 bridgehead atoms. The van der Waals surface area contributed by atoms with E-state index in [1.54, 1.807) is 38.3 Å². The lowest BCUT2D eigenvalue weighted by molar-refractivity contribution is -0.121. The van der Waals surface area contributed by atoms with Gasteiger partial charge in [-0.2, -0.15) is 0 Å². The van der Waals surface area contributed by atoms with Crippen LogP contribution in [-0.4, -0.2) is 46.5 Å². The molecule has 126 valence electrons. The fourth-order valence-electron chi connectivity index (χ4n) is 2.52. The molecule has 7 nitrogen and oxygen atoms in total. The van der Waals surface area contributed by atoms with E-state index in [-0.39, 0.29) is 11.6 Å². The van der Waals surface area contributed by atoms with Gasteiger partial charge in [0.25, 0.3) is 5.91 Å². The largest absolute Gasteiger partial charge is 0.497 e. The molecule has 0 spiro atoms. The second kappa shape index (κ2) is 6.56. The Hall–Kier alpha value is -2.48. The molecule has 1 aromatic heterocycles. The predicted octanol–water partition coefficient (Wildman–Crippen LogP) is 1.66. The number of nitrogens with two attached hydrogens (primary N) is 1. The first-order chi connectivity index (χ1) is 11.5. The fourth-order valence-corrected chi connectivity index (χ4v) is 3.69. The Morgan fingerprint density at radius 1 is 1.38 bits per heavy atom. The number of amides is 2. The van der Waals surface area contributed by atoms with Crippen molar-refractivity contribution in [1.82, 2.24) is 9.88 Å². The van der Waals surface area contributed by atoms with Gasteiger partial charge < -0.3 is 19.8 Å². The van der Waals surface area contributed by atoms with E-state index in [1.165, 1.54) is 16.7 Å². The van der Waals surface area contributed by atoms with Crippen LogP contribution in [0.3, 0.4) is 0 Å². The Kier molecular flexibility index (Phi) is 4.48. The summed E-state index contributed by atoms with van der Waals surface area (Å²) >= 11 is 1.48. The number of rotatable bonds is 4. The number of thioether (sulfide) groups is 1. The molecule has 24 heavy (non-hydrogen) atoms. The number of aryl methyl sites for hydroxylation is 1. The van der Waals surface area contributed by atoms with E-state index in [9.17, 15) is 9.59 Å².